The fraction of sp³-hybridized carbons (Fsp3) is 0.0500. The quantitative estimate of drug-likeness (QED) is 0.169. The van der Waals surface area contributed by atoms with E-state index >= 15 is 0 Å². The number of para-hydroxylation sites is 1. The first-order valence-electron chi connectivity index (χ1n) is 14.9. The van der Waals surface area contributed by atoms with Gasteiger partial charge in [-0.1, -0.05) is 78.3 Å². The molecule has 2 aliphatic rings. The van der Waals surface area contributed by atoms with Gasteiger partial charge in [-0.05, 0) is 65.3 Å². The summed E-state index contributed by atoms with van der Waals surface area (Å²) in [6.45, 7) is 2.07. The molecule has 5 heteroatoms. The number of pyridine rings is 1. The molecule has 0 unspecified atom stereocenters. The first-order valence-corrected chi connectivity index (χ1v) is 14.9. The van der Waals surface area contributed by atoms with Gasteiger partial charge in [-0.3, -0.25) is 0 Å². The maximum absolute atomic E-state index is 4.72. The second kappa shape index (κ2) is 10.6. The van der Waals surface area contributed by atoms with E-state index in [0.717, 1.165) is 33.7 Å². The number of rotatable bonds is 4. The SMILES string of the molecule is CN1C=CN(c2[c-]c(C3(c4[c-]cc5c(c4)c4ccccc4n5-c4ccccn4)c4ccccc4-c4ccccc43)ccc2)[CH-]1.[Pt]. The Morgan fingerprint density at radius 3 is 2.16 bits per heavy atom. The van der Waals surface area contributed by atoms with Crippen molar-refractivity contribution in [3.8, 4) is 16.9 Å². The van der Waals surface area contributed by atoms with Crippen LogP contribution >= 0.6 is 0 Å². The van der Waals surface area contributed by atoms with Crippen molar-refractivity contribution in [2.75, 3.05) is 11.9 Å². The molecule has 45 heavy (non-hydrogen) atoms. The Hall–Kier alpha value is -4.92. The molecule has 0 N–H and O–H groups in total. The smallest absolute Gasteiger partial charge is 0.126 e. The van der Waals surface area contributed by atoms with Gasteiger partial charge in [0.25, 0.3) is 0 Å². The van der Waals surface area contributed by atoms with Crippen molar-refractivity contribution < 1.29 is 21.1 Å². The molecule has 4 nitrogen and oxygen atoms in total. The van der Waals surface area contributed by atoms with Crippen LogP contribution in [-0.4, -0.2) is 21.5 Å². The Morgan fingerprint density at radius 2 is 1.42 bits per heavy atom. The van der Waals surface area contributed by atoms with Crippen LogP contribution in [0.25, 0.3) is 38.8 Å². The van der Waals surface area contributed by atoms with Crippen LogP contribution in [0, 0.1) is 18.8 Å². The van der Waals surface area contributed by atoms with Crippen molar-refractivity contribution in [3.05, 3.63) is 181 Å². The molecule has 220 valence electrons. The zero-order valence-corrected chi connectivity index (χ0v) is 26.7. The monoisotopic (exact) mass is 758 g/mol. The normalized spacial score (nSPS) is 14.5. The van der Waals surface area contributed by atoms with Crippen LogP contribution in [0.3, 0.4) is 0 Å². The molecule has 0 saturated heterocycles. The molecular formula is C40H27N4Pt-3. The van der Waals surface area contributed by atoms with Crippen LogP contribution in [0.5, 0.6) is 0 Å². The molecule has 3 heterocycles. The number of aromatic nitrogens is 2. The molecule has 5 aromatic carbocycles. The van der Waals surface area contributed by atoms with Gasteiger partial charge in [0, 0.05) is 38.2 Å². The molecule has 9 rings (SSSR count). The van der Waals surface area contributed by atoms with E-state index in [2.05, 4.69) is 155 Å². The summed E-state index contributed by atoms with van der Waals surface area (Å²) in [5, 5.41) is 2.37. The summed E-state index contributed by atoms with van der Waals surface area (Å²) in [6.07, 6.45) is 5.97. The van der Waals surface area contributed by atoms with Crippen LogP contribution in [0.2, 0.25) is 0 Å². The summed E-state index contributed by atoms with van der Waals surface area (Å²) in [6, 6.07) is 51.0. The van der Waals surface area contributed by atoms with E-state index in [-0.39, 0.29) is 21.1 Å². The molecule has 0 amide bonds. The largest absolute Gasteiger partial charge is 0.510 e. The van der Waals surface area contributed by atoms with Crippen LogP contribution in [0.1, 0.15) is 22.3 Å². The zero-order chi connectivity index (χ0) is 29.3. The Labute approximate surface area is 277 Å². The van der Waals surface area contributed by atoms with Gasteiger partial charge in [-0.25, -0.2) is 4.98 Å². The van der Waals surface area contributed by atoms with E-state index in [4.69, 9.17) is 4.98 Å². The minimum atomic E-state index is -0.610. The Morgan fingerprint density at radius 1 is 0.689 bits per heavy atom. The van der Waals surface area contributed by atoms with Crippen molar-refractivity contribution in [1.82, 2.24) is 14.5 Å². The van der Waals surface area contributed by atoms with Crippen molar-refractivity contribution >= 4 is 27.5 Å². The van der Waals surface area contributed by atoms with Crippen molar-refractivity contribution in [1.29, 1.82) is 0 Å². The minimum absolute atomic E-state index is 0. The maximum Gasteiger partial charge on any atom is 0.126 e. The fourth-order valence-electron chi connectivity index (χ4n) is 7.24. The van der Waals surface area contributed by atoms with Gasteiger partial charge in [-0.15, -0.1) is 22.2 Å². The topological polar surface area (TPSA) is 24.3 Å². The van der Waals surface area contributed by atoms with Crippen LogP contribution < -0.4 is 4.90 Å². The van der Waals surface area contributed by atoms with Gasteiger partial charge < -0.3 is 14.4 Å². The van der Waals surface area contributed by atoms with E-state index in [1.807, 2.05) is 25.4 Å². The predicted molar refractivity (Wildman–Crippen MR) is 177 cm³/mol. The molecule has 0 spiro atoms. The number of hydrogen-bond donors (Lipinski definition) is 0. The Balaban J connectivity index is 0.00000300. The molecule has 1 aliphatic carbocycles. The maximum atomic E-state index is 4.72. The van der Waals surface area contributed by atoms with Crippen LogP contribution in [0.15, 0.2) is 140 Å². The number of nitrogens with zero attached hydrogens (tertiary/aromatic N) is 4. The number of hydrogen-bond acceptors (Lipinski definition) is 3. The Bertz CT molecular complexity index is 2210. The number of fused-ring (bicyclic) bond motifs is 6. The first kappa shape index (κ1) is 27.6. The molecule has 0 saturated carbocycles. The van der Waals surface area contributed by atoms with Gasteiger partial charge in [0.05, 0.1) is 0 Å². The summed E-state index contributed by atoms with van der Waals surface area (Å²) in [4.78, 5) is 8.90. The second-order valence-electron chi connectivity index (χ2n) is 11.5. The van der Waals surface area contributed by atoms with E-state index < -0.39 is 5.41 Å². The minimum Gasteiger partial charge on any atom is -0.510 e. The summed E-state index contributed by atoms with van der Waals surface area (Å²) in [5.41, 5.74) is 9.78. The van der Waals surface area contributed by atoms with Crippen LogP contribution in [0.4, 0.5) is 5.69 Å². The summed E-state index contributed by atoms with van der Waals surface area (Å²) < 4.78 is 2.24. The molecule has 0 radical (unpaired) electrons. The van der Waals surface area contributed by atoms with Crippen molar-refractivity contribution in [3.63, 3.8) is 0 Å². The summed E-state index contributed by atoms with van der Waals surface area (Å²) in [7, 11) is 2.04. The third-order valence-corrected chi connectivity index (χ3v) is 9.07. The molecule has 1 aliphatic heterocycles. The van der Waals surface area contributed by atoms with E-state index in [9.17, 15) is 0 Å². The van der Waals surface area contributed by atoms with Crippen molar-refractivity contribution in [2.45, 2.75) is 5.41 Å². The third-order valence-electron chi connectivity index (χ3n) is 9.07. The molecule has 7 aromatic rings. The van der Waals surface area contributed by atoms with E-state index in [1.165, 1.54) is 33.0 Å². The van der Waals surface area contributed by atoms with Crippen LogP contribution in [-0.2, 0) is 26.5 Å². The first-order chi connectivity index (χ1) is 21.7. The summed E-state index contributed by atoms with van der Waals surface area (Å²) in [5.74, 6) is 0.895. The van der Waals surface area contributed by atoms with E-state index in [1.54, 1.807) is 0 Å². The van der Waals surface area contributed by atoms with Gasteiger partial charge in [0.2, 0.25) is 0 Å². The number of benzene rings is 5. The van der Waals surface area contributed by atoms with E-state index in [0.29, 0.717) is 0 Å². The summed E-state index contributed by atoms with van der Waals surface area (Å²) >= 11 is 0. The average molecular weight is 759 g/mol. The molecule has 0 fully saturated rings. The van der Waals surface area contributed by atoms with Gasteiger partial charge >= 0.3 is 0 Å². The molecule has 0 atom stereocenters. The Kier molecular flexibility index (Phi) is 6.51. The van der Waals surface area contributed by atoms with Crippen molar-refractivity contribution in [2.24, 2.45) is 0 Å². The third kappa shape index (κ3) is 3.99. The van der Waals surface area contributed by atoms with Gasteiger partial charge in [0.1, 0.15) is 5.82 Å². The standard InChI is InChI=1S/C40H27N4.Pt/c1-42-23-24-43(27-42)30-12-10-11-28(25-30)40(35-16-5-2-13-31(35)32-14-3-6-17-36(32)40)29-20-21-38-34(26-29)33-15-4-7-18-37(33)44(38)39-19-8-9-22-41-39;/h2-19,21-24,26-27H,1H3;/q-3;. The van der Waals surface area contributed by atoms with Gasteiger partial charge in [-0.2, -0.15) is 49.1 Å². The molecular weight excluding hydrogens is 732 g/mol. The van der Waals surface area contributed by atoms with Gasteiger partial charge in [0.15, 0.2) is 0 Å². The zero-order valence-electron chi connectivity index (χ0n) is 24.5. The fourth-order valence-corrected chi connectivity index (χ4v) is 7.24. The molecule has 0 bridgehead atoms. The number of anilines is 1. The second-order valence-corrected chi connectivity index (χ2v) is 11.5. The average Bonchev–Trinajstić information content (AvgIpc) is 3.76. The predicted octanol–water partition coefficient (Wildman–Crippen LogP) is 8.48. The molecule has 2 aromatic heterocycles.